The average molecular weight is 575 g/mol. The third-order valence-electron chi connectivity index (χ3n) is 7.51. The minimum absolute atomic E-state index is 0.0468. The van der Waals surface area contributed by atoms with Crippen molar-refractivity contribution in [3.05, 3.63) is 33.9 Å². The first-order valence-electron chi connectivity index (χ1n) is 15.1. The monoisotopic (exact) mass is 574 g/mol. The van der Waals surface area contributed by atoms with Crippen LogP contribution in [0.2, 0.25) is 0 Å². The highest BCUT2D eigenvalue weighted by Crippen LogP contribution is 2.42. The van der Waals surface area contributed by atoms with E-state index in [0.717, 1.165) is 43.2 Å². The summed E-state index contributed by atoms with van der Waals surface area (Å²) in [5, 5.41) is 10.7. The molecule has 0 amide bonds. The van der Waals surface area contributed by atoms with E-state index in [1.54, 1.807) is 7.11 Å². The first-order chi connectivity index (χ1) is 19.5. The number of rotatable bonds is 19. The van der Waals surface area contributed by atoms with Crippen molar-refractivity contribution in [2.45, 2.75) is 124 Å². The number of benzene rings is 1. The Bertz CT molecular complexity index is 1060. The van der Waals surface area contributed by atoms with Crippen LogP contribution >= 0.6 is 0 Å². The minimum Gasteiger partial charge on any atom is -0.507 e. The molecule has 1 unspecified atom stereocenters. The van der Waals surface area contributed by atoms with Crippen LogP contribution in [0.15, 0.2) is 11.6 Å². The molecule has 0 aliphatic carbocycles. The van der Waals surface area contributed by atoms with Gasteiger partial charge in [-0.05, 0) is 58.4 Å². The van der Waals surface area contributed by atoms with Gasteiger partial charge in [0.1, 0.15) is 23.7 Å². The van der Waals surface area contributed by atoms with Gasteiger partial charge in [-0.3, -0.25) is 9.59 Å². The van der Waals surface area contributed by atoms with E-state index < -0.39 is 5.97 Å². The number of carbonyl (C=O) groups excluding carboxylic acids is 3. The van der Waals surface area contributed by atoms with Gasteiger partial charge in [-0.15, -0.1) is 0 Å². The second-order valence-corrected chi connectivity index (χ2v) is 11.5. The summed E-state index contributed by atoms with van der Waals surface area (Å²) in [6, 6.07) is 0. The fourth-order valence-electron chi connectivity index (χ4n) is 5.14. The number of hydrogen-bond donors (Lipinski definition) is 1. The molecule has 8 heteroatoms. The van der Waals surface area contributed by atoms with E-state index in [0.29, 0.717) is 55.1 Å². The molecule has 1 aromatic rings. The van der Waals surface area contributed by atoms with Gasteiger partial charge in [-0.2, -0.15) is 0 Å². The highest BCUT2D eigenvalue weighted by molar-refractivity contribution is 5.98. The van der Waals surface area contributed by atoms with Crippen LogP contribution < -0.4 is 4.74 Å². The molecule has 41 heavy (non-hydrogen) atoms. The molecule has 0 radical (unpaired) electrons. The lowest BCUT2D eigenvalue weighted by Crippen LogP contribution is -2.14. The highest BCUT2D eigenvalue weighted by atomic mass is 16.5. The summed E-state index contributed by atoms with van der Waals surface area (Å²) in [4.78, 5) is 36.0. The van der Waals surface area contributed by atoms with Crippen LogP contribution in [-0.2, 0) is 36.8 Å². The number of methoxy groups -OCH3 is 1. The fourth-order valence-corrected chi connectivity index (χ4v) is 5.14. The molecule has 0 saturated carbocycles. The Kier molecular flexibility index (Phi) is 14.8. The second-order valence-electron chi connectivity index (χ2n) is 11.5. The third-order valence-corrected chi connectivity index (χ3v) is 7.51. The molecule has 8 nitrogen and oxygen atoms in total. The number of aromatic hydroxyl groups is 1. The molecule has 1 aliphatic heterocycles. The van der Waals surface area contributed by atoms with Crippen molar-refractivity contribution in [2.75, 3.05) is 13.7 Å². The number of allylic oxidation sites excluding steroid dienone is 2. The zero-order valence-corrected chi connectivity index (χ0v) is 25.9. The molecule has 2 rings (SSSR count). The standard InChI is InChI=1S/C33H50O8/c1-22(2)41-29(35)20-24(4)14-12-10-8-7-9-11-13-19-39-28(34)18-16-23(3)15-17-26-31(36)30-27(21-40-33(30)37)25(5)32(26)38-6/h15,22,24,36H,7-14,16-21H2,1-6H3/b23-15+. The van der Waals surface area contributed by atoms with Gasteiger partial charge >= 0.3 is 17.9 Å². The number of cyclic esters (lactones) is 1. The number of phenols is 1. The Morgan fingerprint density at radius 1 is 1.00 bits per heavy atom. The zero-order valence-electron chi connectivity index (χ0n) is 25.9. The van der Waals surface area contributed by atoms with Crippen LogP contribution in [0.25, 0.3) is 0 Å². The maximum Gasteiger partial charge on any atom is 0.342 e. The van der Waals surface area contributed by atoms with Crippen LogP contribution in [0, 0.1) is 12.8 Å². The number of hydrogen-bond acceptors (Lipinski definition) is 8. The zero-order chi connectivity index (χ0) is 30.4. The average Bonchev–Trinajstić information content (AvgIpc) is 3.30. The SMILES string of the molecule is COc1c(C)c2c(c(O)c1C/C=C(\C)CCC(=O)OCCCCCCCCCC(C)CC(=O)OC(C)C)C(=O)OC2. The van der Waals surface area contributed by atoms with Crippen molar-refractivity contribution in [2.24, 2.45) is 5.92 Å². The van der Waals surface area contributed by atoms with Crippen molar-refractivity contribution in [3.63, 3.8) is 0 Å². The van der Waals surface area contributed by atoms with E-state index in [9.17, 15) is 19.5 Å². The Balaban J connectivity index is 1.57. The summed E-state index contributed by atoms with van der Waals surface area (Å²) >= 11 is 0. The molecule has 1 atom stereocenters. The smallest absolute Gasteiger partial charge is 0.342 e. The number of fused-ring (bicyclic) bond motifs is 1. The maximum atomic E-state index is 12.2. The van der Waals surface area contributed by atoms with Crippen LogP contribution in [0.3, 0.4) is 0 Å². The Hall–Kier alpha value is -3.03. The van der Waals surface area contributed by atoms with Gasteiger partial charge in [-0.1, -0.05) is 63.5 Å². The van der Waals surface area contributed by atoms with Gasteiger partial charge in [0.25, 0.3) is 0 Å². The lowest BCUT2D eigenvalue weighted by Gasteiger charge is -2.15. The van der Waals surface area contributed by atoms with Gasteiger partial charge < -0.3 is 24.1 Å². The predicted octanol–water partition coefficient (Wildman–Crippen LogP) is 7.29. The van der Waals surface area contributed by atoms with Crippen molar-refractivity contribution in [1.82, 2.24) is 0 Å². The summed E-state index contributed by atoms with van der Waals surface area (Å²) in [7, 11) is 1.54. The Morgan fingerprint density at radius 2 is 1.66 bits per heavy atom. The number of unbranched alkanes of at least 4 members (excludes halogenated alkanes) is 6. The molecule has 0 aromatic heterocycles. The largest absolute Gasteiger partial charge is 0.507 e. The molecule has 1 heterocycles. The third kappa shape index (κ3) is 11.4. The lowest BCUT2D eigenvalue weighted by atomic mass is 9.94. The molecule has 0 bridgehead atoms. The quantitative estimate of drug-likeness (QED) is 0.0794. The summed E-state index contributed by atoms with van der Waals surface area (Å²) in [5.41, 5.74) is 3.22. The normalized spacial score (nSPS) is 13.6. The van der Waals surface area contributed by atoms with E-state index in [-0.39, 0.29) is 36.0 Å². The second kappa shape index (κ2) is 17.7. The first-order valence-corrected chi connectivity index (χ1v) is 15.1. The van der Waals surface area contributed by atoms with Crippen LogP contribution in [0.1, 0.15) is 125 Å². The van der Waals surface area contributed by atoms with E-state index in [2.05, 4.69) is 6.92 Å². The topological polar surface area (TPSA) is 108 Å². The number of phenolic OH excluding ortho intramolecular Hbond substituents is 1. The molecule has 230 valence electrons. The molecule has 0 saturated heterocycles. The van der Waals surface area contributed by atoms with Crippen LogP contribution in [0.4, 0.5) is 0 Å². The summed E-state index contributed by atoms with van der Waals surface area (Å²) < 4.78 is 21.2. The van der Waals surface area contributed by atoms with Crippen molar-refractivity contribution < 1.29 is 38.4 Å². The molecule has 1 aliphatic rings. The van der Waals surface area contributed by atoms with Crippen molar-refractivity contribution >= 4 is 17.9 Å². The summed E-state index contributed by atoms with van der Waals surface area (Å²) in [5.74, 6) is 0.00120. The van der Waals surface area contributed by atoms with Gasteiger partial charge in [-0.25, -0.2) is 4.79 Å². The number of carbonyl (C=O) groups is 3. The van der Waals surface area contributed by atoms with Crippen molar-refractivity contribution in [1.29, 1.82) is 0 Å². The summed E-state index contributed by atoms with van der Waals surface area (Å²) in [6.07, 6.45) is 12.4. The Morgan fingerprint density at radius 3 is 2.32 bits per heavy atom. The fraction of sp³-hybridized carbons (Fsp3) is 0.667. The van der Waals surface area contributed by atoms with E-state index in [4.69, 9.17) is 18.9 Å². The minimum atomic E-state index is -0.517. The Labute approximate surface area is 245 Å². The molecular formula is C33H50O8. The van der Waals surface area contributed by atoms with Gasteiger partial charge in [0.2, 0.25) is 0 Å². The van der Waals surface area contributed by atoms with Crippen LogP contribution in [0.5, 0.6) is 11.5 Å². The molecule has 1 aromatic carbocycles. The lowest BCUT2D eigenvalue weighted by molar-refractivity contribution is -0.148. The van der Waals surface area contributed by atoms with Gasteiger partial charge in [0.15, 0.2) is 0 Å². The van der Waals surface area contributed by atoms with E-state index in [1.165, 1.54) is 19.3 Å². The number of esters is 3. The molecule has 1 N–H and O–H groups in total. The van der Waals surface area contributed by atoms with Gasteiger partial charge in [0.05, 0.1) is 19.8 Å². The molecule has 0 spiro atoms. The summed E-state index contributed by atoms with van der Waals surface area (Å²) in [6.45, 7) is 10.2. The first kappa shape index (κ1) is 34.2. The van der Waals surface area contributed by atoms with Gasteiger partial charge in [0, 0.05) is 24.0 Å². The maximum absolute atomic E-state index is 12.2. The van der Waals surface area contributed by atoms with Crippen LogP contribution in [-0.4, -0.2) is 42.8 Å². The van der Waals surface area contributed by atoms with E-state index in [1.807, 2.05) is 33.8 Å². The number of ether oxygens (including phenoxy) is 4. The molecular weight excluding hydrogens is 524 g/mol. The van der Waals surface area contributed by atoms with Crippen molar-refractivity contribution in [3.8, 4) is 11.5 Å². The highest BCUT2D eigenvalue weighted by Gasteiger charge is 2.31. The predicted molar refractivity (Wildman–Crippen MR) is 158 cm³/mol. The van der Waals surface area contributed by atoms with E-state index >= 15 is 0 Å². The molecule has 0 fully saturated rings.